The number of aryl methyl sites for hydroxylation is 2. The zero-order chi connectivity index (χ0) is 12.9. The summed E-state index contributed by atoms with van der Waals surface area (Å²) in [4.78, 5) is 8.76. The van der Waals surface area contributed by atoms with Gasteiger partial charge in [-0.15, -0.1) is 0 Å². The molecule has 96 valence electrons. The number of nitrogens with zero attached hydrogens (tertiary/aromatic N) is 2. The van der Waals surface area contributed by atoms with Crippen LogP contribution in [0.2, 0.25) is 0 Å². The molecule has 0 saturated carbocycles. The summed E-state index contributed by atoms with van der Waals surface area (Å²) >= 11 is 0. The third-order valence-electron chi connectivity index (χ3n) is 3.77. The fourth-order valence-corrected chi connectivity index (χ4v) is 1.77. The molecule has 0 aliphatic heterocycles. The van der Waals surface area contributed by atoms with Crippen molar-refractivity contribution >= 4 is 5.82 Å². The lowest BCUT2D eigenvalue weighted by Gasteiger charge is -2.30. The van der Waals surface area contributed by atoms with Crippen molar-refractivity contribution < 1.29 is 0 Å². The smallest absolute Gasteiger partial charge is 0.144 e. The van der Waals surface area contributed by atoms with Gasteiger partial charge in [-0.1, -0.05) is 13.8 Å². The van der Waals surface area contributed by atoms with Crippen LogP contribution in [-0.4, -0.2) is 23.1 Å². The lowest BCUT2D eigenvalue weighted by Crippen LogP contribution is -2.36. The molecule has 1 aromatic heterocycles. The van der Waals surface area contributed by atoms with Gasteiger partial charge in [-0.3, -0.25) is 4.98 Å². The van der Waals surface area contributed by atoms with Crippen molar-refractivity contribution in [2.75, 3.05) is 18.4 Å². The van der Waals surface area contributed by atoms with Crippen LogP contribution < -0.4 is 11.1 Å². The van der Waals surface area contributed by atoms with Crippen LogP contribution in [0, 0.1) is 19.3 Å². The van der Waals surface area contributed by atoms with E-state index in [9.17, 15) is 0 Å². The maximum atomic E-state index is 5.87. The number of hydrogen-bond donors (Lipinski definition) is 2. The van der Waals surface area contributed by atoms with Crippen LogP contribution in [0.25, 0.3) is 0 Å². The van der Waals surface area contributed by atoms with E-state index in [0.29, 0.717) is 6.54 Å². The van der Waals surface area contributed by atoms with Gasteiger partial charge >= 0.3 is 0 Å². The number of rotatable bonds is 6. The number of aromatic nitrogens is 2. The molecule has 0 spiro atoms. The highest BCUT2D eigenvalue weighted by Crippen LogP contribution is 2.25. The predicted octanol–water partition coefficient (Wildman–Crippen LogP) is 2.27. The summed E-state index contributed by atoms with van der Waals surface area (Å²) in [5.41, 5.74) is 7.99. The Bertz CT molecular complexity index is 350. The van der Waals surface area contributed by atoms with E-state index in [-0.39, 0.29) is 5.41 Å². The van der Waals surface area contributed by atoms with Crippen LogP contribution in [0.5, 0.6) is 0 Å². The third-order valence-corrected chi connectivity index (χ3v) is 3.77. The highest BCUT2D eigenvalue weighted by atomic mass is 15.0. The molecule has 1 aromatic rings. The molecular formula is C13H24N4. The first-order valence-electron chi connectivity index (χ1n) is 6.31. The molecule has 4 heteroatoms. The largest absolute Gasteiger partial charge is 0.368 e. The van der Waals surface area contributed by atoms with Crippen LogP contribution >= 0.6 is 0 Å². The molecule has 17 heavy (non-hydrogen) atoms. The molecular weight excluding hydrogens is 212 g/mol. The molecule has 0 saturated heterocycles. The summed E-state index contributed by atoms with van der Waals surface area (Å²) in [6.45, 7) is 9.87. The van der Waals surface area contributed by atoms with E-state index in [0.717, 1.165) is 36.6 Å². The maximum Gasteiger partial charge on any atom is 0.144 e. The number of nitrogens with one attached hydrogen (secondary N) is 1. The van der Waals surface area contributed by atoms with Crippen molar-refractivity contribution in [2.45, 2.75) is 40.5 Å². The number of nitrogens with two attached hydrogens (primary N) is 1. The minimum Gasteiger partial charge on any atom is -0.368 e. The summed E-state index contributed by atoms with van der Waals surface area (Å²) in [7, 11) is 0. The lowest BCUT2D eigenvalue weighted by molar-refractivity contribution is 0.294. The van der Waals surface area contributed by atoms with E-state index in [4.69, 9.17) is 5.73 Å². The highest BCUT2D eigenvalue weighted by molar-refractivity contribution is 5.33. The third kappa shape index (κ3) is 3.40. The number of anilines is 1. The maximum absolute atomic E-state index is 5.87. The molecule has 1 heterocycles. The van der Waals surface area contributed by atoms with Gasteiger partial charge in [0.2, 0.25) is 0 Å². The summed E-state index contributed by atoms with van der Waals surface area (Å²) in [5, 5.41) is 3.35. The van der Waals surface area contributed by atoms with Gasteiger partial charge in [-0.25, -0.2) is 4.98 Å². The Morgan fingerprint density at radius 1 is 1.24 bits per heavy atom. The van der Waals surface area contributed by atoms with Crippen molar-refractivity contribution in [3.63, 3.8) is 0 Å². The van der Waals surface area contributed by atoms with Gasteiger partial charge in [0, 0.05) is 6.54 Å². The standard InChI is InChI=1S/C13H24N4/c1-5-13(6-2,8-14)9-16-12-7-15-10(3)11(4)17-12/h7H,5-6,8-9,14H2,1-4H3,(H,16,17). The van der Waals surface area contributed by atoms with Crippen LogP contribution in [0.3, 0.4) is 0 Å². The van der Waals surface area contributed by atoms with Gasteiger partial charge in [0.15, 0.2) is 0 Å². The van der Waals surface area contributed by atoms with Crippen molar-refractivity contribution in [1.29, 1.82) is 0 Å². The van der Waals surface area contributed by atoms with E-state index >= 15 is 0 Å². The van der Waals surface area contributed by atoms with Crippen molar-refractivity contribution in [1.82, 2.24) is 9.97 Å². The van der Waals surface area contributed by atoms with E-state index in [1.165, 1.54) is 0 Å². The quantitative estimate of drug-likeness (QED) is 0.795. The Hall–Kier alpha value is -1.16. The highest BCUT2D eigenvalue weighted by Gasteiger charge is 2.24. The monoisotopic (exact) mass is 236 g/mol. The fraction of sp³-hybridized carbons (Fsp3) is 0.692. The van der Waals surface area contributed by atoms with Crippen LogP contribution in [0.15, 0.2) is 6.20 Å². The molecule has 0 bridgehead atoms. The molecule has 0 aliphatic carbocycles. The molecule has 0 atom stereocenters. The second-order valence-corrected chi connectivity index (χ2v) is 4.69. The molecule has 3 N–H and O–H groups in total. The van der Waals surface area contributed by atoms with E-state index < -0.39 is 0 Å². The molecule has 0 unspecified atom stereocenters. The summed E-state index contributed by atoms with van der Waals surface area (Å²) in [5.74, 6) is 0.841. The molecule has 0 aliphatic rings. The van der Waals surface area contributed by atoms with Gasteiger partial charge in [-0.2, -0.15) is 0 Å². The number of hydrogen-bond acceptors (Lipinski definition) is 4. The zero-order valence-electron chi connectivity index (χ0n) is 11.4. The summed E-state index contributed by atoms with van der Waals surface area (Å²) in [6, 6.07) is 0. The minimum absolute atomic E-state index is 0.167. The van der Waals surface area contributed by atoms with E-state index in [1.807, 2.05) is 13.8 Å². The Morgan fingerprint density at radius 2 is 1.88 bits per heavy atom. The van der Waals surface area contributed by atoms with Crippen molar-refractivity contribution in [3.8, 4) is 0 Å². The van der Waals surface area contributed by atoms with E-state index in [2.05, 4.69) is 29.1 Å². The van der Waals surface area contributed by atoms with Crippen molar-refractivity contribution in [2.24, 2.45) is 11.1 Å². The minimum atomic E-state index is 0.167. The second kappa shape index (κ2) is 5.96. The summed E-state index contributed by atoms with van der Waals surface area (Å²) < 4.78 is 0. The van der Waals surface area contributed by atoms with Gasteiger partial charge in [0.05, 0.1) is 17.6 Å². The average Bonchev–Trinajstić information content (AvgIpc) is 2.36. The van der Waals surface area contributed by atoms with Gasteiger partial charge < -0.3 is 11.1 Å². The Kier molecular flexibility index (Phi) is 4.87. The van der Waals surface area contributed by atoms with Crippen LogP contribution in [0.4, 0.5) is 5.82 Å². The molecule has 4 nitrogen and oxygen atoms in total. The molecule has 0 amide bonds. The molecule has 0 radical (unpaired) electrons. The Balaban J connectivity index is 2.68. The lowest BCUT2D eigenvalue weighted by atomic mass is 9.82. The first kappa shape index (κ1) is 13.9. The van der Waals surface area contributed by atoms with Gasteiger partial charge in [0.1, 0.15) is 5.82 Å². The van der Waals surface area contributed by atoms with Crippen LogP contribution in [-0.2, 0) is 0 Å². The van der Waals surface area contributed by atoms with E-state index in [1.54, 1.807) is 6.20 Å². The first-order chi connectivity index (χ1) is 8.06. The topological polar surface area (TPSA) is 63.8 Å². The Labute approximate surface area is 104 Å². The van der Waals surface area contributed by atoms with Crippen molar-refractivity contribution in [3.05, 3.63) is 17.6 Å². The fourth-order valence-electron chi connectivity index (χ4n) is 1.77. The second-order valence-electron chi connectivity index (χ2n) is 4.69. The zero-order valence-corrected chi connectivity index (χ0v) is 11.4. The molecule has 0 aromatic carbocycles. The summed E-state index contributed by atoms with van der Waals surface area (Å²) in [6.07, 6.45) is 3.94. The normalized spacial score (nSPS) is 11.6. The van der Waals surface area contributed by atoms with Gasteiger partial charge in [-0.05, 0) is 38.6 Å². The van der Waals surface area contributed by atoms with Crippen LogP contribution in [0.1, 0.15) is 38.1 Å². The van der Waals surface area contributed by atoms with Gasteiger partial charge in [0.25, 0.3) is 0 Å². The predicted molar refractivity (Wildman–Crippen MR) is 72.1 cm³/mol. The SMILES string of the molecule is CCC(CC)(CN)CNc1cnc(C)c(C)n1. The Morgan fingerprint density at radius 3 is 2.35 bits per heavy atom. The average molecular weight is 236 g/mol. The molecule has 1 rings (SSSR count). The molecule has 0 fully saturated rings. The first-order valence-corrected chi connectivity index (χ1v) is 6.31.